The fourth-order valence-electron chi connectivity index (χ4n) is 1.79. The normalized spacial score (nSPS) is 13.0. The van der Waals surface area contributed by atoms with E-state index in [1.165, 1.54) is 12.1 Å². The lowest BCUT2D eigenvalue weighted by Gasteiger charge is -2.21. The van der Waals surface area contributed by atoms with Crippen LogP contribution < -0.4 is 10.9 Å². The first-order valence-corrected chi connectivity index (χ1v) is 6.75. The highest BCUT2D eigenvalue weighted by Crippen LogP contribution is 2.15. The van der Waals surface area contributed by atoms with Crippen molar-refractivity contribution in [1.82, 2.24) is 10.3 Å². The Morgan fingerprint density at radius 2 is 2.09 bits per heavy atom. The number of halogens is 1. The number of nitrogens with zero attached hydrogens (tertiary/aromatic N) is 1. The molecule has 0 aliphatic carbocycles. The van der Waals surface area contributed by atoms with E-state index >= 15 is 0 Å². The largest absolute Gasteiger partial charge is 0.444 e. The van der Waals surface area contributed by atoms with E-state index in [0.717, 1.165) is 6.07 Å². The average Bonchev–Trinajstić information content (AvgIpc) is 2.37. The molecular weight excluding hydrogens is 291 g/mol. The van der Waals surface area contributed by atoms with Gasteiger partial charge in [0.25, 0.3) is 0 Å². The van der Waals surface area contributed by atoms with E-state index < -0.39 is 29.2 Å². The molecule has 2 aromatic rings. The Labute approximate surface area is 126 Å². The number of hydrogen-bond donors (Lipinski definition) is 1. The van der Waals surface area contributed by atoms with E-state index in [-0.39, 0.29) is 11.3 Å². The molecule has 1 heterocycles. The quantitative estimate of drug-likeness (QED) is 0.922. The number of ether oxygens (including phenoxy) is 1. The van der Waals surface area contributed by atoms with Crippen LogP contribution in [0.25, 0.3) is 10.9 Å². The van der Waals surface area contributed by atoms with E-state index in [1.807, 2.05) is 0 Å². The molecule has 1 aromatic carbocycles. The first-order chi connectivity index (χ1) is 10.2. The molecule has 22 heavy (non-hydrogen) atoms. The maximum absolute atomic E-state index is 13.1. The van der Waals surface area contributed by atoms with Gasteiger partial charge in [-0.2, -0.15) is 0 Å². The van der Waals surface area contributed by atoms with Crippen molar-refractivity contribution in [2.24, 2.45) is 0 Å². The van der Waals surface area contributed by atoms with Crippen LogP contribution in [0.1, 0.15) is 39.6 Å². The zero-order chi connectivity index (χ0) is 16.5. The Morgan fingerprint density at radius 3 is 2.73 bits per heavy atom. The summed E-state index contributed by atoms with van der Waals surface area (Å²) >= 11 is 0. The van der Waals surface area contributed by atoms with Crippen LogP contribution in [-0.2, 0) is 4.74 Å². The third-order valence-corrected chi connectivity index (χ3v) is 2.71. The molecule has 0 aliphatic rings. The molecule has 1 atom stereocenters. The summed E-state index contributed by atoms with van der Waals surface area (Å²) in [4.78, 5) is 27.7. The molecule has 0 spiro atoms. The summed E-state index contributed by atoms with van der Waals surface area (Å²) in [5.41, 5.74) is -1.05. The SMILES string of the molecule is CC(NC(=O)OC(C)(C)C)c1nc2ccc(F)cc2c(=O)o1. The molecule has 0 saturated heterocycles. The van der Waals surface area contributed by atoms with Crippen LogP contribution in [0.4, 0.5) is 9.18 Å². The van der Waals surface area contributed by atoms with E-state index in [4.69, 9.17) is 9.15 Å². The van der Waals surface area contributed by atoms with Crippen molar-refractivity contribution in [3.05, 3.63) is 40.3 Å². The fourth-order valence-corrected chi connectivity index (χ4v) is 1.79. The molecule has 0 bridgehead atoms. The minimum atomic E-state index is -0.711. The molecule has 0 saturated carbocycles. The van der Waals surface area contributed by atoms with Crippen LogP contribution in [0.15, 0.2) is 27.4 Å². The molecule has 1 N–H and O–H groups in total. The Kier molecular flexibility index (Phi) is 4.16. The molecule has 118 valence electrons. The number of benzene rings is 1. The highest BCUT2D eigenvalue weighted by atomic mass is 19.1. The molecule has 1 aromatic heterocycles. The number of nitrogens with one attached hydrogen (secondary N) is 1. The van der Waals surface area contributed by atoms with E-state index in [0.29, 0.717) is 5.52 Å². The number of amides is 1. The summed E-state index contributed by atoms with van der Waals surface area (Å²) < 4.78 is 23.3. The van der Waals surface area contributed by atoms with Crippen molar-refractivity contribution in [3.63, 3.8) is 0 Å². The van der Waals surface area contributed by atoms with Gasteiger partial charge in [0.2, 0.25) is 5.89 Å². The summed E-state index contributed by atoms with van der Waals surface area (Å²) in [7, 11) is 0. The molecule has 1 unspecified atom stereocenters. The summed E-state index contributed by atoms with van der Waals surface area (Å²) in [6.07, 6.45) is -0.649. The molecular formula is C15H17FN2O4. The average molecular weight is 308 g/mol. The van der Waals surface area contributed by atoms with E-state index in [1.54, 1.807) is 27.7 Å². The van der Waals surface area contributed by atoms with Gasteiger partial charge in [-0.05, 0) is 45.9 Å². The maximum Gasteiger partial charge on any atom is 0.408 e. The maximum atomic E-state index is 13.1. The number of hydrogen-bond acceptors (Lipinski definition) is 5. The zero-order valence-electron chi connectivity index (χ0n) is 12.8. The molecule has 7 heteroatoms. The summed E-state index contributed by atoms with van der Waals surface area (Å²) in [5.74, 6) is -0.524. The lowest BCUT2D eigenvalue weighted by atomic mass is 10.2. The predicted octanol–water partition coefficient (Wildman–Crippen LogP) is 2.91. The first-order valence-electron chi connectivity index (χ1n) is 6.75. The Bertz CT molecular complexity index is 764. The van der Waals surface area contributed by atoms with E-state index in [9.17, 15) is 14.0 Å². The summed E-state index contributed by atoms with van der Waals surface area (Å²) in [6, 6.07) is 2.97. The van der Waals surface area contributed by atoms with Crippen LogP contribution in [0, 0.1) is 5.82 Å². The van der Waals surface area contributed by atoms with Gasteiger partial charge in [0.1, 0.15) is 17.5 Å². The van der Waals surface area contributed by atoms with Crippen molar-refractivity contribution in [2.45, 2.75) is 39.3 Å². The van der Waals surface area contributed by atoms with Gasteiger partial charge in [0.15, 0.2) is 0 Å². The number of alkyl carbamates (subject to hydrolysis) is 1. The zero-order valence-corrected chi connectivity index (χ0v) is 12.8. The van der Waals surface area contributed by atoms with Gasteiger partial charge in [-0.3, -0.25) is 0 Å². The van der Waals surface area contributed by atoms with Crippen molar-refractivity contribution in [3.8, 4) is 0 Å². The van der Waals surface area contributed by atoms with Gasteiger partial charge < -0.3 is 14.5 Å². The summed E-state index contributed by atoms with van der Waals surface area (Å²) in [5, 5.41) is 2.57. The highest BCUT2D eigenvalue weighted by Gasteiger charge is 2.20. The minimum Gasteiger partial charge on any atom is -0.444 e. The third-order valence-electron chi connectivity index (χ3n) is 2.71. The smallest absolute Gasteiger partial charge is 0.408 e. The van der Waals surface area contributed by atoms with Gasteiger partial charge >= 0.3 is 11.7 Å². The minimum absolute atomic E-state index is 0.0231. The molecule has 1 amide bonds. The topological polar surface area (TPSA) is 81.4 Å². The Hall–Kier alpha value is -2.44. The van der Waals surface area contributed by atoms with Crippen molar-refractivity contribution >= 4 is 17.0 Å². The van der Waals surface area contributed by atoms with Gasteiger partial charge in [-0.25, -0.2) is 19.0 Å². The molecule has 6 nitrogen and oxygen atoms in total. The van der Waals surface area contributed by atoms with Crippen LogP contribution >= 0.6 is 0 Å². The predicted molar refractivity (Wildman–Crippen MR) is 78.0 cm³/mol. The van der Waals surface area contributed by atoms with Crippen LogP contribution in [0.3, 0.4) is 0 Å². The van der Waals surface area contributed by atoms with Gasteiger partial charge in [0, 0.05) is 0 Å². The Morgan fingerprint density at radius 1 is 1.41 bits per heavy atom. The highest BCUT2D eigenvalue weighted by molar-refractivity contribution is 5.77. The summed E-state index contributed by atoms with van der Waals surface area (Å²) in [6.45, 7) is 6.81. The van der Waals surface area contributed by atoms with Crippen LogP contribution in [0.5, 0.6) is 0 Å². The van der Waals surface area contributed by atoms with Crippen LogP contribution in [-0.4, -0.2) is 16.7 Å². The monoisotopic (exact) mass is 308 g/mol. The molecule has 0 fully saturated rings. The van der Waals surface area contributed by atoms with Gasteiger partial charge in [-0.15, -0.1) is 0 Å². The third kappa shape index (κ3) is 3.81. The second-order valence-corrected chi connectivity index (χ2v) is 5.87. The number of carbonyl (C=O) groups excluding carboxylic acids is 1. The number of rotatable bonds is 2. The number of fused-ring (bicyclic) bond motifs is 1. The van der Waals surface area contributed by atoms with Gasteiger partial charge in [0.05, 0.1) is 10.9 Å². The van der Waals surface area contributed by atoms with Gasteiger partial charge in [-0.1, -0.05) is 0 Å². The number of carbonyl (C=O) groups is 1. The second kappa shape index (κ2) is 5.75. The second-order valence-electron chi connectivity index (χ2n) is 5.87. The first kappa shape index (κ1) is 15.9. The number of aromatic nitrogens is 1. The standard InChI is InChI=1S/C15H17FN2O4/c1-8(17-14(20)22-15(2,3)4)12-18-11-6-5-9(16)7-10(11)13(19)21-12/h5-8H,1-4H3,(H,17,20). The fraction of sp³-hybridized carbons (Fsp3) is 0.400. The molecule has 2 rings (SSSR count). The van der Waals surface area contributed by atoms with Crippen LogP contribution in [0.2, 0.25) is 0 Å². The molecule has 0 radical (unpaired) electrons. The van der Waals surface area contributed by atoms with E-state index in [2.05, 4.69) is 10.3 Å². The lowest BCUT2D eigenvalue weighted by Crippen LogP contribution is -2.34. The Balaban J connectivity index is 2.25. The van der Waals surface area contributed by atoms with Crippen molar-refractivity contribution in [2.75, 3.05) is 0 Å². The van der Waals surface area contributed by atoms with Crippen molar-refractivity contribution in [1.29, 1.82) is 0 Å². The lowest BCUT2D eigenvalue weighted by molar-refractivity contribution is 0.0499. The van der Waals surface area contributed by atoms with Crippen molar-refractivity contribution < 1.29 is 18.3 Å². The molecule has 0 aliphatic heterocycles.